The molecule has 1 aromatic heterocycles. The van der Waals surface area contributed by atoms with E-state index in [9.17, 15) is 10.1 Å². The number of pyridine rings is 1. The van der Waals surface area contributed by atoms with Crippen molar-refractivity contribution >= 4 is 5.69 Å². The molecule has 98 valence electrons. The van der Waals surface area contributed by atoms with E-state index >= 15 is 0 Å². The molecule has 0 fully saturated rings. The number of benzene rings is 1. The normalized spacial score (nSPS) is 10.0. The SMILES string of the molecule is COc1cccc(Oc2ccncc2[N+](=O)[O-])c1C. The van der Waals surface area contributed by atoms with E-state index in [1.807, 2.05) is 6.92 Å². The van der Waals surface area contributed by atoms with Crippen molar-refractivity contribution in [3.05, 3.63) is 52.3 Å². The third kappa shape index (κ3) is 2.62. The topological polar surface area (TPSA) is 74.5 Å². The molecule has 0 atom stereocenters. The zero-order valence-corrected chi connectivity index (χ0v) is 10.5. The maximum absolute atomic E-state index is 10.9. The molecule has 2 aromatic rings. The van der Waals surface area contributed by atoms with Crippen LogP contribution in [0, 0.1) is 17.0 Å². The first-order valence-corrected chi connectivity index (χ1v) is 5.53. The summed E-state index contributed by atoms with van der Waals surface area (Å²) < 4.78 is 10.8. The van der Waals surface area contributed by atoms with Crippen LogP contribution in [0.5, 0.6) is 17.2 Å². The minimum absolute atomic E-state index is 0.149. The Morgan fingerprint density at radius 3 is 2.63 bits per heavy atom. The third-order valence-electron chi connectivity index (χ3n) is 2.63. The van der Waals surface area contributed by atoms with Gasteiger partial charge in [0.2, 0.25) is 5.75 Å². The Labute approximate surface area is 109 Å². The van der Waals surface area contributed by atoms with Crippen molar-refractivity contribution in [2.24, 2.45) is 0 Å². The van der Waals surface area contributed by atoms with Gasteiger partial charge in [0.1, 0.15) is 17.7 Å². The molecule has 1 heterocycles. The van der Waals surface area contributed by atoms with Crippen molar-refractivity contribution in [3.8, 4) is 17.2 Å². The highest BCUT2D eigenvalue weighted by Gasteiger charge is 2.16. The van der Waals surface area contributed by atoms with E-state index in [1.165, 1.54) is 12.3 Å². The van der Waals surface area contributed by atoms with Gasteiger partial charge in [-0.1, -0.05) is 6.07 Å². The standard InChI is InChI=1S/C13H12N2O4/c1-9-11(18-2)4-3-5-12(9)19-13-6-7-14-8-10(13)15(16)17/h3-8H,1-2H3. The Kier molecular flexibility index (Phi) is 3.61. The van der Waals surface area contributed by atoms with Gasteiger partial charge < -0.3 is 9.47 Å². The lowest BCUT2D eigenvalue weighted by Crippen LogP contribution is -1.96. The minimum Gasteiger partial charge on any atom is -0.496 e. The fraction of sp³-hybridized carbons (Fsp3) is 0.154. The third-order valence-corrected chi connectivity index (χ3v) is 2.63. The lowest BCUT2D eigenvalue weighted by Gasteiger charge is -2.11. The number of nitro groups is 1. The lowest BCUT2D eigenvalue weighted by atomic mass is 10.2. The second-order valence-corrected chi connectivity index (χ2v) is 3.79. The van der Waals surface area contributed by atoms with Crippen LogP contribution in [-0.2, 0) is 0 Å². The van der Waals surface area contributed by atoms with Crippen LogP contribution in [0.1, 0.15) is 5.56 Å². The van der Waals surface area contributed by atoms with Gasteiger partial charge in [0.15, 0.2) is 0 Å². The zero-order valence-electron chi connectivity index (χ0n) is 10.5. The average molecular weight is 260 g/mol. The Morgan fingerprint density at radius 1 is 1.21 bits per heavy atom. The van der Waals surface area contributed by atoms with Crippen LogP contribution in [0.3, 0.4) is 0 Å². The van der Waals surface area contributed by atoms with Crippen LogP contribution < -0.4 is 9.47 Å². The monoisotopic (exact) mass is 260 g/mol. The van der Waals surface area contributed by atoms with E-state index in [4.69, 9.17) is 9.47 Å². The summed E-state index contributed by atoms with van der Waals surface area (Å²) in [5.41, 5.74) is 0.598. The van der Waals surface area contributed by atoms with Crippen LogP contribution in [-0.4, -0.2) is 17.0 Å². The predicted octanol–water partition coefficient (Wildman–Crippen LogP) is 3.10. The van der Waals surface area contributed by atoms with Crippen molar-refractivity contribution in [2.75, 3.05) is 7.11 Å². The minimum atomic E-state index is -0.530. The first-order chi connectivity index (χ1) is 9.13. The van der Waals surface area contributed by atoms with E-state index in [0.29, 0.717) is 11.5 Å². The zero-order chi connectivity index (χ0) is 13.8. The number of aromatic nitrogens is 1. The molecule has 0 aliphatic heterocycles. The Balaban J connectivity index is 2.39. The molecule has 0 spiro atoms. The van der Waals surface area contributed by atoms with Gasteiger partial charge >= 0.3 is 5.69 Å². The molecule has 19 heavy (non-hydrogen) atoms. The number of methoxy groups -OCH3 is 1. The van der Waals surface area contributed by atoms with Crippen LogP contribution >= 0.6 is 0 Å². The Hall–Kier alpha value is -2.63. The molecule has 6 nitrogen and oxygen atoms in total. The van der Waals surface area contributed by atoms with Crippen molar-refractivity contribution in [1.29, 1.82) is 0 Å². The molecule has 2 rings (SSSR count). The van der Waals surface area contributed by atoms with Gasteiger partial charge in [-0.2, -0.15) is 0 Å². The predicted molar refractivity (Wildman–Crippen MR) is 68.7 cm³/mol. The summed E-state index contributed by atoms with van der Waals surface area (Å²) in [6.45, 7) is 1.82. The second-order valence-electron chi connectivity index (χ2n) is 3.79. The molecule has 0 bridgehead atoms. The molecule has 6 heteroatoms. The van der Waals surface area contributed by atoms with E-state index in [2.05, 4.69) is 4.98 Å². The van der Waals surface area contributed by atoms with Gasteiger partial charge in [-0.3, -0.25) is 15.1 Å². The summed E-state index contributed by atoms with van der Waals surface area (Å²) in [7, 11) is 1.56. The highest BCUT2D eigenvalue weighted by atomic mass is 16.6. The highest BCUT2D eigenvalue weighted by molar-refractivity contribution is 5.50. The summed E-state index contributed by atoms with van der Waals surface area (Å²) in [5.74, 6) is 1.32. The number of nitrogens with zero attached hydrogens (tertiary/aromatic N) is 2. The van der Waals surface area contributed by atoms with E-state index < -0.39 is 4.92 Å². The van der Waals surface area contributed by atoms with Gasteiger partial charge in [-0.15, -0.1) is 0 Å². The number of rotatable bonds is 4. The number of ether oxygens (including phenoxy) is 2. The highest BCUT2D eigenvalue weighted by Crippen LogP contribution is 2.34. The molecule has 0 amide bonds. The molecule has 1 aromatic carbocycles. The smallest absolute Gasteiger partial charge is 0.329 e. The molecule has 0 unspecified atom stereocenters. The summed E-state index contributed by atoms with van der Waals surface area (Å²) >= 11 is 0. The fourth-order valence-electron chi connectivity index (χ4n) is 1.64. The van der Waals surface area contributed by atoms with Gasteiger partial charge in [0, 0.05) is 17.8 Å². The van der Waals surface area contributed by atoms with E-state index in [-0.39, 0.29) is 11.4 Å². The molecule has 0 aliphatic carbocycles. The number of hydrogen-bond donors (Lipinski definition) is 0. The van der Waals surface area contributed by atoms with Crippen molar-refractivity contribution in [1.82, 2.24) is 4.98 Å². The maximum Gasteiger partial charge on any atom is 0.329 e. The largest absolute Gasteiger partial charge is 0.496 e. The fourth-order valence-corrected chi connectivity index (χ4v) is 1.64. The van der Waals surface area contributed by atoms with Crippen molar-refractivity contribution in [2.45, 2.75) is 6.92 Å². The molecule has 0 N–H and O–H groups in total. The first-order valence-electron chi connectivity index (χ1n) is 5.53. The molecule has 0 aliphatic rings. The van der Waals surface area contributed by atoms with Crippen LogP contribution in [0.2, 0.25) is 0 Å². The van der Waals surface area contributed by atoms with E-state index in [0.717, 1.165) is 11.8 Å². The summed E-state index contributed by atoms with van der Waals surface area (Å²) in [5, 5.41) is 10.9. The van der Waals surface area contributed by atoms with Gasteiger partial charge in [-0.25, -0.2) is 0 Å². The van der Waals surface area contributed by atoms with Crippen LogP contribution in [0.25, 0.3) is 0 Å². The Bertz CT molecular complexity index is 613. The molecular formula is C13H12N2O4. The van der Waals surface area contributed by atoms with Crippen molar-refractivity contribution in [3.63, 3.8) is 0 Å². The van der Waals surface area contributed by atoms with Gasteiger partial charge in [0.05, 0.1) is 12.0 Å². The quantitative estimate of drug-likeness (QED) is 0.623. The van der Waals surface area contributed by atoms with Crippen LogP contribution in [0.4, 0.5) is 5.69 Å². The average Bonchev–Trinajstić information content (AvgIpc) is 2.41. The molecule has 0 saturated carbocycles. The number of hydrogen-bond acceptors (Lipinski definition) is 5. The van der Waals surface area contributed by atoms with Gasteiger partial charge in [-0.05, 0) is 19.1 Å². The summed E-state index contributed by atoms with van der Waals surface area (Å²) in [4.78, 5) is 14.1. The van der Waals surface area contributed by atoms with Crippen molar-refractivity contribution < 1.29 is 14.4 Å². The first kappa shape index (κ1) is 12.8. The molecular weight excluding hydrogens is 248 g/mol. The Morgan fingerprint density at radius 2 is 1.95 bits per heavy atom. The lowest BCUT2D eigenvalue weighted by molar-refractivity contribution is -0.386. The summed E-state index contributed by atoms with van der Waals surface area (Å²) in [6.07, 6.45) is 2.60. The molecule has 0 saturated heterocycles. The van der Waals surface area contributed by atoms with E-state index in [1.54, 1.807) is 25.3 Å². The maximum atomic E-state index is 10.9. The van der Waals surface area contributed by atoms with Gasteiger partial charge in [0.25, 0.3) is 0 Å². The summed E-state index contributed by atoms with van der Waals surface area (Å²) in [6, 6.07) is 6.73. The second kappa shape index (κ2) is 5.34. The molecule has 0 radical (unpaired) electrons. The van der Waals surface area contributed by atoms with Crippen LogP contribution in [0.15, 0.2) is 36.7 Å².